The topological polar surface area (TPSA) is 80.9 Å². The van der Waals surface area contributed by atoms with E-state index in [-0.39, 0.29) is 5.56 Å². The fraction of sp³-hybridized carbons (Fsp3) is 0.143. The van der Waals surface area contributed by atoms with Crippen molar-refractivity contribution in [1.29, 1.82) is 0 Å². The zero-order chi connectivity index (χ0) is 14.1. The molecular formula is C14H12N4O2. The summed E-state index contributed by atoms with van der Waals surface area (Å²) in [6.45, 7) is 2.30. The third-order valence-electron chi connectivity index (χ3n) is 3.05. The number of carboxylic acids is 1. The van der Waals surface area contributed by atoms with Gasteiger partial charge in [0.2, 0.25) is 0 Å². The van der Waals surface area contributed by atoms with E-state index < -0.39 is 5.97 Å². The van der Waals surface area contributed by atoms with Gasteiger partial charge in [-0.3, -0.25) is 4.98 Å². The summed E-state index contributed by atoms with van der Waals surface area (Å²) in [5.74, 6) is -0.969. The highest BCUT2D eigenvalue weighted by molar-refractivity contribution is 6.01. The number of pyridine rings is 2. The molecular weight excluding hydrogens is 256 g/mol. The molecule has 100 valence electrons. The summed E-state index contributed by atoms with van der Waals surface area (Å²) in [6, 6.07) is 5.34. The second-order valence-corrected chi connectivity index (χ2v) is 4.51. The van der Waals surface area contributed by atoms with Gasteiger partial charge in [-0.15, -0.1) is 0 Å². The number of aryl methyl sites for hydroxylation is 1. The summed E-state index contributed by atoms with van der Waals surface area (Å²) < 4.78 is 1.70. The van der Waals surface area contributed by atoms with Gasteiger partial charge in [-0.2, -0.15) is 5.10 Å². The van der Waals surface area contributed by atoms with E-state index in [4.69, 9.17) is 0 Å². The van der Waals surface area contributed by atoms with E-state index in [1.807, 2.05) is 12.1 Å². The summed E-state index contributed by atoms with van der Waals surface area (Å²) in [4.78, 5) is 19.6. The third-order valence-corrected chi connectivity index (χ3v) is 3.05. The molecule has 0 aliphatic carbocycles. The highest BCUT2D eigenvalue weighted by Gasteiger charge is 2.14. The molecule has 0 saturated carbocycles. The second-order valence-electron chi connectivity index (χ2n) is 4.51. The van der Waals surface area contributed by atoms with Gasteiger partial charge in [0.1, 0.15) is 0 Å². The maximum absolute atomic E-state index is 11.3. The number of hydrogen-bond donors (Lipinski definition) is 1. The largest absolute Gasteiger partial charge is 0.478 e. The van der Waals surface area contributed by atoms with Gasteiger partial charge >= 0.3 is 5.97 Å². The van der Waals surface area contributed by atoms with Gasteiger partial charge in [0.15, 0.2) is 5.65 Å². The van der Waals surface area contributed by atoms with Crippen LogP contribution in [-0.4, -0.2) is 30.8 Å². The summed E-state index contributed by atoms with van der Waals surface area (Å²) in [7, 11) is 0. The third kappa shape index (κ3) is 2.11. The number of nitrogens with zero attached hydrogens (tertiary/aromatic N) is 4. The maximum atomic E-state index is 11.3. The van der Waals surface area contributed by atoms with Gasteiger partial charge < -0.3 is 5.11 Å². The predicted molar refractivity (Wildman–Crippen MR) is 72.6 cm³/mol. The first-order valence-electron chi connectivity index (χ1n) is 6.10. The molecule has 3 aromatic heterocycles. The number of carbonyl (C=O) groups is 1. The molecule has 3 aromatic rings. The molecule has 0 aliphatic heterocycles. The Balaban J connectivity index is 2.12. The summed E-state index contributed by atoms with van der Waals surface area (Å²) in [6.07, 6.45) is 4.97. The van der Waals surface area contributed by atoms with Gasteiger partial charge in [-0.1, -0.05) is 0 Å². The molecule has 0 fully saturated rings. The van der Waals surface area contributed by atoms with Crippen LogP contribution >= 0.6 is 0 Å². The molecule has 0 bridgehead atoms. The zero-order valence-corrected chi connectivity index (χ0v) is 10.8. The fourth-order valence-electron chi connectivity index (χ4n) is 2.13. The SMILES string of the molecule is Cc1cc(C(=O)O)c2cnn(Cc3ccncc3)c2n1. The van der Waals surface area contributed by atoms with Crippen LogP contribution in [-0.2, 0) is 6.54 Å². The molecule has 0 aliphatic rings. The first-order valence-corrected chi connectivity index (χ1v) is 6.10. The lowest BCUT2D eigenvalue weighted by Gasteiger charge is -2.04. The van der Waals surface area contributed by atoms with Gasteiger partial charge in [-0.05, 0) is 30.7 Å². The lowest BCUT2D eigenvalue weighted by atomic mass is 10.1. The van der Waals surface area contributed by atoms with Crippen LogP contribution in [0.25, 0.3) is 11.0 Å². The van der Waals surface area contributed by atoms with Crippen LogP contribution in [0.2, 0.25) is 0 Å². The molecule has 0 amide bonds. The van der Waals surface area contributed by atoms with Crippen molar-refractivity contribution in [2.24, 2.45) is 0 Å². The van der Waals surface area contributed by atoms with E-state index in [0.717, 1.165) is 5.56 Å². The van der Waals surface area contributed by atoms with Crippen molar-refractivity contribution in [1.82, 2.24) is 19.7 Å². The molecule has 0 saturated heterocycles. The summed E-state index contributed by atoms with van der Waals surface area (Å²) in [5.41, 5.74) is 2.50. The minimum absolute atomic E-state index is 0.230. The van der Waals surface area contributed by atoms with Crippen molar-refractivity contribution in [3.05, 3.63) is 53.6 Å². The smallest absolute Gasteiger partial charge is 0.336 e. The minimum atomic E-state index is -0.969. The van der Waals surface area contributed by atoms with Gasteiger partial charge in [0, 0.05) is 18.1 Å². The van der Waals surface area contributed by atoms with Crippen molar-refractivity contribution < 1.29 is 9.90 Å². The average molecular weight is 268 g/mol. The summed E-state index contributed by atoms with van der Waals surface area (Å²) in [5, 5.41) is 14.0. The molecule has 0 radical (unpaired) electrons. The molecule has 20 heavy (non-hydrogen) atoms. The Morgan fingerprint density at radius 1 is 1.35 bits per heavy atom. The quantitative estimate of drug-likeness (QED) is 0.784. The number of carboxylic acid groups (broad SMARTS) is 1. The number of aromatic nitrogens is 4. The van der Waals surface area contributed by atoms with Crippen LogP contribution in [0.4, 0.5) is 0 Å². The Morgan fingerprint density at radius 2 is 2.10 bits per heavy atom. The Kier molecular flexibility index (Phi) is 2.90. The van der Waals surface area contributed by atoms with Crippen molar-refractivity contribution in [3.8, 4) is 0 Å². The van der Waals surface area contributed by atoms with E-state index in [2.05, 4.69) is 15.1 Å². The normalized spacial score (nSPS) is 10.8. The maximum Gasteiger partial charge on any atom is 0.336 e. The molecule has 3 heterocycles. The van der Waals surface area contributed by atoms with Gasteiger partial charge in [0.25, 0.3) is 0 Å². The van der Waals surface area contributed by atoms with Crippen molar-refractivity contribution >= 4 is 17.0 Å². The zero-order valence-electron chi connectivity index (χ0n) is 10.8. The first-order chi connectivity index (χ1) is 9.65. The van der Waals surface area contributed by atoms with Crippen molar-refractivity contribution in [3.63, 3.8) is 0 Å². The minimum Gasteiger partial charge on any atom is -0.478 e. The Morgan fingerprint density at radius 3 is 2.80 bits per heavy atom. The molecule has 0 atom stereocenters. The van der Waals surface area contributed by atoms with Crippen LogP contribution in [0, 0.1) is 6.92 Å². The van der Waals surface area contributed by atoms with Crippen LogP contribution in [0.3, 0.4) is 0 Å². The first kappa shape index (κ1) is 12.3. The fourth-order valence-corrected chi connectivity index (χ4v) is 2.13. The second kappa shape index (κ2) is 4.73. The van der Waals surface area contributed by atoms with E-state index in [1.165, 1.54) is 0 Å². The molecule has 0 aromatic carbocycles. The lowest BCUT2D eigenvalue weighted by molar-refractivity contribution is 0.0699. The Labute approximate surface area is 114 Å². The van der Waals surface area contributed by atoms with E-state index in [9.17, 15) is 9.90 Å². The molecule has 1 N–H and O–H groups in total. The summed E-state index contributed by atoms with van der Waals surface area (Å²) >= 11 is 0. The molecule has 6 nitrogen and oxygen atoms in total. The average Bonchev–Trinajstić information content (AvgIpc) is 2.82. The number of rotatable bonds is 3. The van der Waals surface area contributed by atoms with Crippen molar-refractivity contribution in [2.45, 2.75) is 13.5 Å². The van der Waals surface area contributed by atoms with Crippen LogP contribution in [0.15, 0.2) is 36.8 Å². The van der Waals surface area contributed by atoms with E-state index in [0.29, 0.717) is 23.3 Å². The predicted octanol–water partition coefficient (Wildman–Crippen LogP) is 1.88. The molecule has 6 heteroatoms. The van der Waals surface area contributed by atoms with E-state index >= 15 is 0 Å². The van der Waals surface area contributed by atoms with Gasteiger partial charge in [-0.25, -0.2) is 14.5 Å². The molecule has 0 unspecified atom stereocenters. The van der Waals surface area contributed by atoms with Gasteiger partial charge in [0.05, 0.1) is 23.7 Å². The van der Waals surface area contributed by atoms with E-state index in [1.54, 1.807) is 36.3 Å². The highest BCUT2D eigenvalue weighted by atomic mass is 16.4. The Hall–Kier alpha value is -2.76. The number of aromatic carboxylic acids is 1. The molecule has 0 spiro atoms. The lowest BCUT2D eigenvalue weighted by Crippen LogP contribution is -2.05. The van der Waals surface area contributed by atoms with Crippen molar-refractivity contribution in [2.75, 3.05) is 0 Å². The highest BCUT2D eigenvalue weighted by Crippen LogP contribution is 2.19. The standard InChI is InChI=1S/C14H12N4O2/c1-9-6-11(14(19)20)12-7-16-18(13(12)17-9)8-10-2-4-15-5-3-10/h2-7H,8H2,1H3,(H,19,20). The van der Waals surface area contributed by atoms with Crippen LogP contribution < -0.4 is 0 Å². The molecule has 3 rings (SSSR count). The van der Waals surface area contributed by atoms with Crippen LogP contribution in [0.1, 0.15) is 21.6 Å². The number of hydrogen-bond acceptors (Lipinski definition) is 4. The monoisotopic (exact) mass is 268 g/mol. The Bertz CT molecular complexity index is 780. The van der Waals surface area contributed by atoms with Crippen LogP contribution in [0.5, 0.6) is 0 Å². The number of fused-ring (bicyclic) bond motifs is 1.